The molecular formula is C21H17F3N4O3. The first kappa shape index (κ1) is 20.6. The van der Waals surface area contributed by atoms with Gasteiger partial charge in [-0.1, -0.05) is 23.4 Å². The molecule has 1 unspecified atom stereocenters. The fourth-order valence-electron chi connectivity index (χ4n) is 3.31. The maximum absolute atomic E-state index is 12.7. The number of halogens is 3. The van der Waals surface area contributed by atoms with E-state index in [9.17, 15) is 22.8 Å². The predicted molar refractivity (Wildman–Crippen MR) is 103 cm³/mol. The van der Waals surface area contributed by atoms with Gasteiger partial charge in [0.1, 0.15) is 0 Å². The summed E-state index contributed by atoms with van der Waals surface area (Å²) in [6.45, 7) is 0.254. The average molecular weight is 430 g/mol. The van der Waals surface area contributed by atoms with Crippen molar-refractivity contribution in [2.24, 2.45) is 0 Å². The lowest BCUT2D eigenvalue weighted by atomic mass is 10.1. The number of rotatable bonds is 5. The molecule has 0 saturated carbocycles. The summed E-state index contributed by atoms with van der Waals surface area (Å²) in [5, 5.41) is 6.57. The zero-order chi connectivity index (χ0) is 22.0. The maximum Gasteiger partial charge on any atom is 0.416 e. The molecule has 0 radical (unpaired) electrons. The van der Waals surface area contributed by atoms with Crippen LogP contribution in [0.5, 0.6) is 0 Å². The number of alkyl halides is 3. The molecule has 1 atom stereocenters. The molecular weight excluding hydrogens is 413 g/mol. The Morgan fingerprint density at radius 2 is 1.84 bits per heavy atom. The van der Waals surface area contributed by atoms with Gasteiger partial charge >= 0.3 is 6.18 Å². The van der Waals surface area contributed by atoms with Gasteiger partial charge in [0.2, 0.25) is 11.8 Å². The highest BCUT2D eigenvalue weighted by Crippen LogP contribution is 2.33. The number of anilines is 1. The highest BCUT2D eigenvalue weighted by atomic mass is 19.4. The van der Waals surface area contributed by atoms with Crippen molar-refractivity contribution in [3.05, 3.63) is 77.4 Å². The van der Waals surface area contributed by atoms with Crippen LogP contribution in [0.25, 0.3) is 0 Å². The average Bonchev–Trinajstić information content (AvgIpc) is 3.39. The molecule has 7 nitrogen and oxygen atoms in total. The third-order valence-corrected chi connectivity index (χ3v) is 4.92. The molecule has 160 valence electrons. The third-order valence-electron chi connectivity index (χ3n) is 4.92. The first-order valence-corrected chi connectivity index (χ1v) is 9.44. The topological polar surface area (TPSA) is 88.3 Å². The number of nitrogens with zero attached hydrogens (tertiary/aromatic N) is 3. The van der Waals surface area contributed by atoms with Gasteiger partial charge in [-0.25, -0.2) is 0 Å². The van der Waals surface area contributed by atoms with Gasteiger partial charge in [0.25, 0.3) is 5.91 Å². The molecule has 1 N–H and O–H groups in total. The molecule has 2 amide bonds. The van der Waals surface area contributed by atoms with Crippen molar-refractivity contribution in [1.82, 2.24) is 15.5 Å². The van der Waals surface area contributed by atoms with Gasteiger partial charge in [0.15, 0.2) is 5.82 Å². The van der Waals surface area contributed by atoms with E-state index >= 15 is 0 Å². The van der Waals surface area contributed by atoms with E-state index in [1.807, 2.05) is 0 Å². The number of hydrogen-bond donors (Lipinski definition) is 1. The van der Waals surface area contributed by atoms with Crippen LogP contribution < -0.4 is 10.2 Å². The Bertz CT molecular complexity index is 1080. The minimum atomic E-state index is -4.44. The van der Waals surface area contributed by atoms with Crippen LogP contribution in [0.2, 0.25) is 0 Å². The van der Waals surface area contributed by atoms with Crippen LogP contribution >= 0.6 is 0 Å². The van der Waals surface area contributed by atoms with Gasteiger partial charge in [-0.05, 0) is 36.4 Å². The number of nitrogens with one attached hydrogen (secondary N) is 1. The number of hydrogen-bond acceptors (Lipinski definition) is 5. The molecule has 1 saturated heterocycles. The molecule has 3 aromatic rings. The van der Waals surface area contributed by atoms with E-state index in [0.29, 0.717) is 17.1 Å². The van der Waals surface area contributed by atoms with Crippen molar-refractivity contribution in [1.29, 1.82) is 0 Å². The lowest BCUT2D eigenvalue weighted by Crippen LogP contribution is -2.24. The molecule has 0 aliphatic carbocycles. The quantitative estimate of drug-likeness (QED) is 0.669. The van der Waals surface area contributed by atoms with Crippen LogP contribution in [0.3, 0.4) is 0 Å². The fraction of sp³-hybridized carbons (Fsp3) is 0.238. The number of benzene rings is 2. The molecule has 4 rings (SSSR count). The molecule has 31 heavy (non-hydrogen) atoms. The predicted octanol–water partition coefficient (Wildman–Crippen LogP) is 3.54. The largest absolute Gasteiger partial charge is 0.416 e. The van der Waals surface area contributed by atoms with Crippen LogP contribution in [0.15, 0.2) is 59.1 Å². The van der Waals surface area contributed by atoms with E-state index in [2.05, 4.69) is 15.5 Å². The molecule has 2 heterocycles. The number of carbonyl (C=O) groups is 2. The second kappa shape index (κ2) is 8.21. The molecule has 0 spiro atoms. The summed E-state index contributed by atoms with van der Waals surface area (Å²) in [6, 6.07) is 13.1. The Kier molecular flexibility index (Phi) is 5.45. The van der Waals surface area contributed by atoms with Crippen molar-refractivity contribution in [3.63, 3.8) is 0 Å². The van der Waals surface area contributed by atoms with E-state index in [1.165, 1.54) is 17.0 Å². The van der Waals surface area contributed by atoms with Crippen LogP contribution in [-0.4, -0.2) is 28.5 Å². The fourth-order valence-corrected chi connectivity index (χ4v) is 3.31. The summed E-state index contributed by atoms with van der Waals surface area (Å²) in [5.74, 6) is -0.387. The summed E-state index contributed by atoms with van der Waals surface area (Å²) < 4.78 is 43.4. The molecule has 1 aliphatic rings. The third kappa shape index (κ3) is 4.57. The zero-order valence-corrected chi connectivity index (χ0v) is 16.1. The van der Waals surface area contributed by atoms with Crippen molar-refractivity contribution in [2.75, 3.05) is 11.4 Å². The summed E-state index contributed by atoms with van der Waals surface area (Å²) in [7, 11) is 0. The Hall–Kier alpha value is -3.69. The molecule has 0 bridgehead atoms. The van der Waals surface area contributed by atoms with E-state index < -0.39 is 11.7 Å². The summed E-state index contributed by atoms with van der Waals surface area (Å²) in [4.78, 5) is 30.1. The van der Waals surface area contributed by atoms with Crippen LogP contribution in [0.1, 0.15) is 40.0 Å². The first-order valence-electron chi connectivity index (χ1n) is 9.44. The smallest absolute Gasteiger partial charge is 0.343 e. The van der Waals surface area contributed by atoms with Gasteiger partial charge in [-0.15, -0.1) is 0 Å². The Morgan fingerprint density at radius 3 is 2.52 bits per heavy atom. The lowest BCUT2D eigenvalue weighted by molar-refractivity contribution is -0.137. The molecule has 2 aromatic carbocycles. The van der Waals surface area contributed by atoms with Crippen molar-refractivity contribution < 1.29 is 27.3 Å². The first-order chi connectivity index (χ1) is 14.8. The molecule has 1 fully saturated rings. The highest BCUT2D eigenvalue weighted by molar-refractivity contribution is 5.96. The van der Waals surface area contributed by atoms with Crippen molar-refractivity contribution in [3.8, 4) is 0 Å². The second-order valence-corrected chi connectivity index (χ2v) is 7.05. The molecule has 10 heteroatoms. The Morgan fingerprint density at radius 1 is 1.13 bits per heavy atom. The van der Waals surface area contributed by atoms with Crippen molar-refractivity contribution >= 4 is 17.5 Å². The monoisotopic (exact) mass is 430 g/mol. The van der Waals surface area contributed by atoms with E-state index in [4.69, 9.17) is 4.52 Å². The maximum atomic E-state index is 12.7. The van der Waals surface area contributed by atoms with Crippen molar-refractivity contribution in [2.45, 2.75) is 25.1 Å². The molecule has 1 aromatic heterocycles. The van der Waals surface area contributed by atoms with E-state index in [1.54, 1.807) is 30.3 Å². The summed E-state index contributed by atoms with van der Waals surface area (Å²) in [6.07, 6.45) is -4.33. The van der Waals surface area contributed by atoms with Gasteiger partial charge in [0, 0.05) is 30.1 Å². The van der Waals surface area contributed by atoms with E-state index in [-0.39, 0.29) is 43.1 Å². The minimum absolute atomic E-state index is 0.0318. The van der Waals surface area contributed by atoms with Gasteiger partial charge < -0.3 is 14.7 Å². The molecule has 1 aliphatic heterocycles. The highest BCUT2D eigenvalue weighted by Gasteiger charge is 2.35. The summed E-state index contributed by atoms with van der Waals surface area (Å²) in [5.41, 5.74) is 0.0926. The van der Waals surface area contributed by atoms with E-state index in [0.717, 1.165) is 12.1 Å². The summed E-state index contributed by atoms with van der Waals surface area (Å²) >= 11 is 0. The number of amides is 2. The van der Waals surface area contributed by atoms with Crippen LogP contribution in [0.4, 0.5) is 18.9 Å². The van der Waals surface area contributed by atoms with Crippen LogP contribution in [-0.2, 0) is 17.5 Å². The standard InChI is InChI=1S/C21H17F3N4O3/c22-21(23,24)15-6-8-16(9-7-15)28-12-14(10-18(28)29)19-26-17(31-27-19)11-25-20(30)13-4-2-1-3-5-13/h1-9,14H,10-12H2,(H,25,30). The number of aromatic nitrogens is 2. The van der Waals surface area contributed by atoms with Gasteiger partial charge in [-0.3, -0.25) is 9.59 Å². The Labute approximate surface area is 174 Å². The van der Waals surface area contributed by atoms with Crippen LogP contribution in [0, 0.1) is 0 Å². The lowest BCUT2D eigenvalue weighted by Gasteiger charge is -2.17. The second-order valence-electron chi connectivity index (χ2n) is 7.05. The van der Waals surface area contributed by atoms with Gasteiger partial charge in [-0.2, -0.15) is 18.2 Å². The Balaban J connectivity index is 1.38. The van der Waals surface area contributed by atoms with Gasteiger partial charge in [0.05, 0.1) is 12.1 Å². The minimum Gasteiger partial charge on any atom is -0.343 e. The zero-order valence-electron chi connectivity index (χ0n) is 16.1. The number of carbonyl (C=O) groups excluding carboxylic acids is 2. The SMILES string of the molecule is O=C(NCc1nc(C2CC(=O)N(c3ccc(C(F)(F)F)cc3)C2)no1)c1ccccc1. The normalized spacial score (nSPS) is 16.5.